The number of carboxylic acids is 1. The van der Waals surface area contributed by atoms with Gasteiger partial charge < -0.3 is 19.9 Å². The van der Waals surface area contributed by atoms with Crippen molar-refractivity contribution in [1.29, 1.82) is 0 Å². The molecule has 37 heavy (non-hydrogen) atoms. The molecule has 0 saturated carbocycles. The van der Waals surface area contributed by atoms with Gasteiger partial charge in [-0.15, -0.1) is 0 Å². The number of carbonyl (C=O) groups excluding carboxylic acids is 2. The van der Waals surface area contributed by atoms with Crippen molar-refractivity contribution in [2.75, 3.05) is 7.11 Å². The summed E-state index contributed by atoms with van der Waals surface area (Å²) >= 11 is 0. The normalized spacial score (nSPS) is 12.4. The van der Waals surface area contributed by atoms with Gasteiger partial charge in [-0.25, -0.2) is 4.79 Å². The molecule has 2 N–H and O–H groups in total. The average molecular weight is 504 g/mol. The van der Waals surface area contributed by atoms with Crippen molar-refractivity contribution in [3.8, 4) is 16.9 Å². The Labute approximate surface area is 217 Å². The van der Waals surface area contributed by atoms with Crippen molar-refractivity contribution >= 4 is 17.8 Å². The van der Waals surface area contributed by atoms with E-state index in [-0.39, 0.29) is 18.9 Å². The van der Waals surface area contributed by atoms with Gasteiger partial charge in [0.1, 0.15) is 12.4 Å². The van der Waals surface area contributed by atoms with E-state index in [1.807, 2.05) is 80.6 Å². The second-order valence-corrected chi connectivity index (χ2v) is 9.31. The van der Waals surface area contributed by atoms with Crippen LogP contribution in [0, 0.1) is 11.8 Å². The molecule has 3 rings (SSSR count). The molecular formula is C30H33NO6. The van der Waals surface area contributed by atoms with Gasteiger partial charge in [0, 0.05) is 5.92 Å². The van der Waals surface area contributed by atoms with Crippen LogP contribution in [0.2, 0.25) is 0 Å². The van der Waals surface area contributed by atoms with Crippen LogP contribution in [0.4, 0.5) is 0 Å². The molecule has 1 unspecified atom stereocenters. The zero-order valence-corrected chi connectivity index (χ0v) is 21.3. The third kappa shape index (κ3) is 8.20. The third-order valence-electron chi connectivity index (χ3n) is 5.94. The first-order valence-electron chi connectivity index (χ1n) is 12.2. The number of nitrogens with one attached hydrogen (secondary N) is 1. The summed E-state index contributed by atoms with van der Waals surface area (Å²) in [5.41, 5.74) is 3.21. The first-order chi connectivity index (χ1) is 17.8. The maximum absolute atomic E-state index is 13.2. The zero-order valence-electron chi connectivity index (χ0n) is 21.3. The van der Waals surface area contributed by atoms with Gasteiger partial charge in [-0.1, -0.05) is 80.6 Å². The Morgan fingerprint density at radius 1 is 0.892 bits per heavy atom. The van der Waals surface area contributed by atoms with Crippen LogP contribution in [0.15, 0.2) is 78.9 Å². The van der Waals surface area contributed by atoms with Crippen molar-refractivity contribution < 1.29 is 29.0 Å². The van der Waals surface area contributed by atoms with Crippen molar-refractivity contribution in [3.63, 3.8) is 0 Å². The lowest BCUT2D eigenvalue weighted by Crippen LogP contribution is -2.39. The van der Waals surface area contributed by atoms with Crippen LogP contribution in [-0.2, 0) is 25.7 Å². The Kier molecular flexibility index (Phi) is 9.84. The molecule has 0 aliphatic heterocycles. The van der Waals surface area contributed by atoms with Crippen molar-refractivity contribution in [2.24, 2.45) is 11.8 Å². The summed E-state index contributed by atoms with van der Waals surface area (Å²) in [5, 5.41) is 12.1. The molecule has 3 aromatic rings. The maximum Gasteiger partial charge on any atom is 0.333 e. The summed E-state index contributed by atoms with van der Waals surface area (Å²) in [6.07, 6.45) is 0.0727. The van der Waals surface area contributed by atoms with Crippen LogP contribution in [0.5, 0.6) is 5.75 Å². The van der Waals surface area contributed by atoms with Crippen LogP contribution in [-0.4, -0.2) is 30.1 Å². The van der Waals surface area contributed by atoms with Gasteiger partial charge in [0.05, 0.1) is 13.5 Å². The molecule has 0 aromatic heterocycles. The summed E-state index contributed by atoms with van der Waals surface area (Å²) in [7, 11) is 1.60. The lowest BCUT2D eigenvalue weighted by atomic mass is 9.92. The molecule has 3 aromatic carbocycles. The van der Waals surface area contributed by atoms with Crippen LogP contribution in [0.1, 0.15) is 43.9 Å². The molecule has 7 nitrogen and oxygen atoms in total. The molecule has 194 valence electrons. The number of esters is 1. The maximum atomic E-state index is 13.2. The average Bonchev–Trinajstić information content (AvgIpc) is 2.90. The van der Waals surface area contributed by atoms with Gasteiger partial charge in [0.2, 0.25) is 5.91 Å². The highest BCUT2D eigenvalue weighted by atomic mass is 16.5. The lowest BCUT2D eigenvalue weighted by molar-refractivity contribution is -0.150. The van der Waals surface area contributed by atoms with Crippen LogP contribution in [0.25, 0.3) is 11.1 Å². The molecule has 0 radical (unpaired) electrons. The molecule has 0 aliphatic carbocycles. The number of aliphatic carboxylic acids is 1. The molecule has 1 amide bonds. The van der Waals surface area contributed by atoms with Crippen LogP contribution in [0.3, 0.4) is 0 Å². The van der Waals surface area contributed by atoms with Gasteiger partial charge in [-0.2, -0.15) is 0 Å². The highest BCUT2D eigenvalue weighted by Gasteiger charge is 2.30. The summed E-state index contributed by atoms with van der Waals surface area (Å²) in [6.45, 7) is 3.90. The molecule has 2 atom stereocenters. The van der Waals surface area contributed by atoms with Crippen molar-refractivity contribution in [2.45, 2.75) is 39.3 Å². The van der Waals surface area contributed by atoms with Gasteiger partial charge >= 0.3 is 11.9 Å². The Morgan fingerprint density at radius 3 is 2.22 bits per heavy atom. The largest absolute Gasteiger partial charge is 0.497 e. The Balaban J connectivity index is 1.85. The number of rotatable bonds is 12. The van der Waals surface area contributed by atoms with Crippen molar-refractivity contribution in [3.05, 3.63) is 90.0 Å². The number of carboxylic acid groups (broad SMARTS) is 1. The summed E-state index contributed by atoms with van der Waals surface area (Å²) < 4.78 is 10.8. The second-order valence-electron chi connectivity index (χ2n) is 9.31. The molecule has 0 heterocycles. The monoisotopic (exact) mass is 503 g/mol. The number of ether oxygens (including phenoxy) is 2. The third-order valence-corrected chi connectivity index (χ3v) is 5.94. The fourth-order valence-corrected chi connectivity index (χ4v) is 4.08. The number of hydrogen-bond donors (Lipinski definition) is 2. The quantitative estimate of drug-likeness (QED) is 0.321. The summed E-state index contributed by atoms with van der Waals surface area (Å²) in [4.78, 5) is 37.7. The van der Waals surface area contributed by atoms with E-state index in [0.29, 0.717) is 12.0 Å². The molecule has 0 bridgehead atoms. The molecule has 0 fully saturated rings. The van der Waals surface area contributed by atoms with E-state index in [9.17, 15) is 19.5 Å². The number of carbonyl (C=O) groups is 3. The molecule has 0 saturated heterocycles. The standard InChI is InChI=1S/C30H33NO6/c1-20(2)16-25(18-27(32)33)29(34)31-28(30(35)37-19-21-8-5-4-6-9-21)23-14-12-22(13-15-23)24-10-7-11-26(17-24)36-3/h4-15,17,20,25,28H,16,18-19H2,1-3H3,(H,31,34)(H,32,33)/t25-,28?/m1/s1. The summed E-state index contributed by atoms with van der Waals surface area (Å²) in [5.74, 6) is -2.10. The van der Waals surface area contributed by atoms with E-state index in [1.165, 1.54) is 0 Å². The van der Waals surface area contributed by atoms with Crippen LogP contribution >= 0.6 is 0 Å². The van der Waals surface area contributed by atoms with E-state index in [0.717, 1.165) is 22.4 Å². The number of amides is 1. The summed E-state index contributed by atoms with van der Waals surface area (Å²) in [6, 6.07) is 23.0. The first kappa shape index (κ1) is 27.5. The van der Waals surface area contributed by atoms with E-state index >= 15 is 0 Å². The minimum absolute atomic E-state index is 0.0541. The van der Waals surface area contributed by atoms with Crippen molar-refractivity contribution in [1.82, 2.24) is 5.32 Å². The Bertz CT molecular complexity index is 1190. The van der Waals surface area contributed by atoms with Gasteiger partial charge in [0.25, 0.3) is 0 Å². The Hall–Kier alpha value is -4.13. The number of hydrogen-bond acceptors (Lipinski definition) is 5. The molecular weight excluding hydrogens is 470 g/mol. The highest BCUT2D eigenvalue weighted by molar-refractivity contribution is 5.88. The minimum Gasteiger partial charge on any atom is -0.497 e. The topological polar surface area (TPSA) is 102 Å². The predicted molar refractivity (Wildman–Crippen MR) is 141 cm³/mol. The lowest BCUT2D eigenvalue weighted by Gasteiger charge is -2.23. The number of benzene rings is 3. The van der Waals surface area contributed by atoms with Gasteiger partial charge in [0.15, 0.2) is 6.04 Å². The van der Waals surface area contributed by atoms with Crippen LogP contribution < -0.4 is 10.1 Å². The molecule has 7 heteroatoms. The first-order valence-corrected chi connectivity index (χ1v) is 12.2. The fraction of sp³-hybridized carbons (Fsp3) is 0.300. The highest BCUT2D eigenvalue weighted by Crippen LogP contribution is 2.27. The van der Waals surface area contributed by atoms with E-state index in [2.05, 4.69) is 5.32 Å². The van der Waals surface area contributed by atoms with Gasteiger partial charge in [-0.3, -0.25) is 9.59 Å². The fourth-order valence-electron chi connectivity index (χ4n) is 4.08. The minimum atomic E-state index is -1.08. The predicted octanol–water partition coefficient (Wildman–Crippen LogP) is 5.40. The van der Waals surface area contributed by atoms with E-state index in [4.69, 9.17) is 9.47 Å². The second kappa shape index (κ2) is 13.3. The smallest absolute Gasteiger partial charge is 0.333 e. The Morgan fingerprint density at radius 2 is 1.59 bits per heavy atom. The zero-order chi connectivity index (χ0) is 26.8. The SMILES string of the molecule is COc1cccc(-c2ccc(C(NC(=O)[C@@H](CC(=O)O)CC(C)C)C(=O)OCc3ccccc3)cc2)c1. The van der Waals surface area contributed by atoms with Gasteiger partial charge in [-0.05, 0) is 46.7 Å². The molecule has 0 spiro atoms. The van der Waals surface area contributed by atoms with E-state index < -0.39 is 29.8 Å². The van der Waals surface area contributed by atoms with E-state index in [1.54, 1.807) is 19.2 Å². The molecule has 0 aliphatic rings. The number of methoxy groups -OCH3 is 1.